The Morgan fingerprint density at radius 1 is 1.47 bits per heavy atom. The minimum absolute atomic E-state index is 0.0195. The summed E-state index contributed by atoms with van der Waals surface area (Å²) in [5.74, 6) is -0.0195. The standard InChI is InChI=1S/C12H16Cl2N2O/c1-8(16-12(17)3-2-6-15)10-5-4-9(13)7-11(10)14/h4-5,7-8H,2-3,6,15H2,1H3,(H,16,17). The van der Waals surface area contributed by atoms with Crippen LogP contribution in [0.1, 0.15) is 31.4 Å². The molecule has 0 saturated heterocycles. The Balaban J connectivity index is 2.63. The number of rotatable bonds is 5. The molecule has 0 radical (unpaired) electrons. The highest BCUT2D eigenvalue weighted by atomic mass is 35.5. The number of amides is 1. The number of nitrogens with one attached hydrogen (secondary N) is 1. The van der Waals surface area contributed by atoms with Crippen molar-refractivity contribution in [2.75, 3.05) is 6.54 Å². The van der Waals surface area contributed by atoms with Crippen molar-refractivity contribution < 1.29 is 4.79 Å². The number of hydrogen-bond acceptors (Lipinski definition) is 2. The topological polar surface area (TPSA) is 55.1 Å². The first-order valence-corrected chi connectivity index (χ1v) is 6.24. The van der Waals surface area contributed by atoms with E-state index in [0.29, 0.717) is 29.4 Å². The van der Waals surface area contributed by atoms with Gasteiger partial charge in [0.1, 0.15) is 0 Å². The molecule has 0 aliphatic rings. The zero-order chi connectivity index (χ0) is 12.8. The Labute approximate surface area is 111 Å². The molecule has 3 nitrogen and oxygen atoms in total. The van der Waals surface area contributed by atoms with Crippen molar-refractivity contribution in [1.82, 2.24) is 5.32 Å². The maximum Gasteiger partial charge on any atom is 0.220 e. The van der Waals surface area contributed by atoms with E-state index in [1.807, 2.05) is 13.0 Å². The molecule has 0 heterocycles. The third-order valence-electron chi connectivity index (χ3n) is 2.41. The van der Waals surface area contributed by atoms with Crippen LogP contribution >= 0.6 is 23.2 Å². The molecule has 0 bridgehead atoms. The molecule has 1 amide bonds. The van der Waals surface area contributed by atoms with Crippen molar-refractivity contribution in [3.8, 4) is 0 Å². The van der Waals surface area contributed by atoms with Gasteiger partial charge in [0.05, 0.1) is 6.04 Å². The summed E-state index contributed by atoms with van der Waals surface area (Å²) in [5, 5.41) is 4.01. The summed E-state index contributed by atoms with van der Waals surface area (Å²) in [6.07, 6.45) is 1.12. The molecule has 1 atom stereocenters. The Hall–Kier alpha value is -0.770. The number of halogens is 2. The minimum atomic E-state index is -0.134. The Bertz CT molecular complexity index is 396. The average Bonchev–Trinajstić information content (AvgIpc) is 2.26. The highest BCUT2D eigenvalue weighted by Gasteiger charge is 2.12. The summed E-state index contributed by atoms with van der Waals surface area (Å²) in [4.78, 5) is 11.5. The normalized spacial score (nSPS) is 12.2. The first kappa shape index (κ1) is 14.3. The van der Waals surface area contributed by atoms with E-state index in [1.165, 1.54) is 0 Å². The van der Waals surface area contributed by atoms with Crippen LogP contribution in [0.2, 0.25) is 10.0 Å². The summed E-state index contributed by atoms with van der Waals surface area (Å²) >= 11 is 11.9. The molecule has 3 N–H and O–H groups in total. The van der Waals surface area contributed by atoms with Crippen LogP contribution in [-0.4, -0.2) is 12.5 Å². The molecule has 0 spiro atoms. The van der Waals surface area contributed by atoms with Crippen molar-refractivity contribution >= 4 is 29.1 Å². The lowest BCUT2D eigenvalue weighted by molar-refractivity contribution is -0.121. The molecule has 5 heteroatoms. The summed E-state index contributed by atoms with van der Waals surface area (Å²) < 4.78 is 0. The van der Waals surface area contributed by atoms with E-state index >= 15 is 0 Å². The van der Waals surface area contributed by atoms with Gasteiger partial charge in [-0.1, -0.05) is 29.3 Å². The fourth-order valence-electron chi connectivity index (χ4n) is 1.51. The van der Waals surface area contributed by atoms with Gasteiger partial charge in [-0.2, -0.15) is 0 Å². The van der Waals surface area contributed by atoms with Crippen LogP contribution in [0.4, 0.5) is 0 Å². The van der Waals surface area contributed by atoms with Crippen molar-refractivity contribution in [3.63, 3.8) is 0 Å². The van der Waals surface area contributed by atoms with Gasteiger partial charge in [0, 0.05) is 16.5 Å². The van der Waals surface area contributed by atoms with Gasteiger partial charge in [0.15, 0.2) is 0 Å². The number of carbonyl (C=O) groups is 1. The molecule has 0 aromatic heterocycles. The molecule has 0 aliphatic carbocycles. The molecule has 0 fully saturated rings. The average molecular weight is 275 g/mol. The van der Waals surface area contributed by atoms with E-state index in [0.717, 1.165) is 5.56 Å². The van der Waals surface area contributed by atoms with E-state index in [9.17, 15) is 4.79 Å². The van der Waals surface area contributed by atoms with Crippen molar-refractivity contribution in [1.29, 1.82) is 0 Å². The summed E-state index contributed by atoms with van der Waals surface area (Å²) in [6.45, 7) is 2.40. The molecular weight excluding hydrogens is 259 g/mol. The fraction of sp³-hybridized carbons (Fsp3) is 0.417. The zero-order valence-electron chi connectivity index (χ0n) is 9.67. The van der Waals surface area contributed by atoms with Crippen LogP contribution in [0.5, 0.6) is 0 Å². The number of benzene rings is 1. The first-order valence-electron chi connectivity index (χ1n) is 5.49. The van der Waals surface area contributed by atoms with E-state index in [4.69, 9.17) is 28.9 Å². The Morgan fingerprint density at radius 3 is 2.76 bits per heavy atom. The van der Waals surface area contributed by atoms with Gasteiger partial charge < -0.3 is 11.1 Å². The number of nitrogens with two attached hydrogens (primary N) is 1. The maximum atomic E-state index is 11.5. The Kier molecular flexibility index (Phi) is 5.75. The molecule has 1 aromatic rings. The second kappa shape index (κ2) is 6.84. The molecule has 1 unspecified atom stereocenters. The SMILES string of the molecule is CC(NC(=O)CCCN)c1ccc(Cl)cc1Cl. The van der Waals surface area contributed by atoms with Crippen LogP contribution in [0.25, 0.3) is 0 Å². The highest BCUT2D eigenvalue weighted by Crippen LogP contribution is 2.26. The van der Waals surface area contributed by atoms with Gasteiger partial charge in [-0.15, -0.1) is 0 Å². The van der Waals surface area contributed by atoms with E-state index in [2.05, 4.69) is 5.32 Å². The second-order valence-electron chi connectivity index (χ2n) is 3.85. The van der Waals surface area contributed by atoms with Crippen LogP contribution in [-0.2, 0) is 4.79 Å². The first-order chi connectivity index (χ1) is 8.04. The van der Waals surface area contributed by atoms with Gasteiger partial charge in [-0.25, -0.2) is 0 Å². The largest absolute Gasteiger partial charge is 0.350 e. The molecule has 94 valence electrons. The summed E-state index contributed by atoms with van der Waals surface area (Å²) in [6, 6.07) is 5.11. The third-order valence-corrected chi connectivity index (χ3v) is 2.98. The third kappa shape index (κ3) is 4.54. The lowest BCUT2D eigenvalue weighted by Gasteiger charge is -2.15. The number of hydrogen-bond donors (Lipinski definition) is 2. The van der Waals surface area contributed by atoms with Crippen molar-refractivity contribution in [2.24, 2.45) is 5.73 Å². The molecular formula is C12H16Cl2N2O. The molecule has 0 aliphatic heterocycles. The lowest BCUT2D eigenvalue weighted by atomic mass is 10.1. The van der Waals surface area contributed by atoms with E-state index < -0.39 is 0 Å². The molecule has 1 rings (SSSR count). The fourth-order valence-corrected chi connectivity index (χ4v) is 2.08. The summed E-state index contributed by atoms with van der Waals surface area (Å²) in [5.41, 5.74) is 6.20. The molecule has 17 heavy (non-hydrogen) atoms. The maximum absolute atomic E-state index is 11.5. The van der Waals surface area contributed by atoms with Gasteiger partial charge in [0.25, 0.3) is 0 Å². The smallest absolute Gasteiger partial charge is 0.220 e. The van der Waals surface area contributed by atoms with Crippen LogP contribution < -0.4 is 11.1 Å². The molecule has 1 aromatic carbocycles. The minimum Gasteiger partial charge on any atom is -0.350 e. The summed E-state index contributed by atoms with van der Waals surface area (Å²) in [7, 11) is 0. The monoisotopic (exact) mass is 274 g/mol. The van der Waals surface area contributed by atoms with Crippen LogP contribution in [0.3, 0.4) is 0 Å². The van der Waals surface area contributed by atoms with Crippen molar-refractivity contribution in [2.45, 2.75) is 25.8 Å². The van der Waals surface area contributed by atoms with Gasteiger partial charge in [-0.05, 0) is 37.6 Å². The van der Waals surface area contributed by atoms with Gasteiger partial charge >= 0.3 is 0 Å². The second-order valence-corrected chi connectivity index (χ2v) is 4.69. The highest BCUT2D eigenvalue weighted by molar-refractivity contribution is 6.35. The quantitative estimate of drug-likeness (QED) is 0.868. The van der Waals surface area contributed by atoms with Gasteiger partial charge in [-0.3, -0.25) is 4.79 Å². The van der Waals surface area contributed by atoms with Crippen LogP contribution in [0.15, 0.2) is 18.2 Å². The van der Waals surface area contributed by atoms with Gasteiger partial charge in [0.2, 0.25) is 5.91 Å². The van der Waals surface area contributed by atoms with Crippen molar-refractivity contribution in [3.05, 3.63) is 33.8 Å². The Morgan fingerprint density at radius 2 is 2.18 bits per heavy atom. The lowest BCUT2D eigenvalue weighted by Crippen LogP contribution is -2.27. The van der Waals surface area contributed by atoms with E-state index in [1.54, 1.807) is 12.1 Å². The molecule has 0 saturated carbocycles. The number of carbonyl (C=O) groups excluding carboxylic acids is 1. The predicted molar refractivity (Wildman–Crippen MR) is 71.3 cm³/mol. The zero-order valence-corrected chi connectivity index (χ0v) is 11.2. The predicted octanol–water partition coefficient (Wildman–Crippen LogP) is 2.91. The van der Waals surface area contributed by atoms with E-state index in [-0.39, 0.29) is 11.9 Å². The van der Waals surface area contributed by atoms with Crippen LogP contribution in [0, 0.1) is 0 Å².